The highest BCUT2D eigenvalue weighted by molar-refractivity contribution is 6.09. The van der Waals surface area contributed by atoms with Crippen molar-refractivity contribution in [2.24, 2.45) is 0 Å². The third kappa shape index (κ3) is 3.63. The Bertz CT molecular complexity index is 693. The number of hydrogen-bond acceptors (Lipinski definition) is 4. The van der Waals surface area contributed by atoms with E-state index in [1.54, 1.807) is 24.3 Å². The zero-order valence-electron chi connectivity index (χ0n) is 11.4. The molecule has 0 aromatic heterocycles. The summed E-state index contributed by atoms with van der Waals surface area (Å²) in [7, 11) is 0. The molecule has 2 aromatic rings. The summed E-state index contributed by atoms with van der Waals surface area (Å²) >= 11 is 0. The number of carbonyl (C=O) groups is 2. The summed E-state index contributed by atoms with van der Waals surface area (Å²) in [5.41, 5.74) is 0.677. The zero-order chi connectivity index (χ0) is 16.1. The largest absolute Gasteiger partial charge is 0.508 e. The number of carboxylic acids is 1. The summed E-state index contributed by atoms with van der Waals surface area (Å²) in [5.74, 6) is -1.96. The van der Waals surface area contributed by atoms with E-state index in [4.69, 9.17) is 5.11 Å². The molecule has 6 nitrogen and oxygen atoms in total. The molecule has 0 heterocycles. The summed E-state index contributed by atoms with van der Waals surface area (Å²) in [6.45, 7) is 0. The molecule has 0 radical (unpaired) electrons. The standard InChI is InChI=1S/C16H13NO5/c18-13-5-1-3-11(9-13)17(15(20)7-8-16(21)22)12-4-2-6-14(19)10-12/h1-10,18-19H,(H,21,22)/b8-7-. The van der Waals surface area contributed by atoms with Gasteiger partial charge in [0.1, 0.15) is 11.5 Å². The number of rotatable bonds is 4. The molecular formula is C16H13NO5. The fourth-order valence-electron chi connectivity index (χ4n) is 1.88. The van der Waals surface area contributed by atoms with Crippen LogP contribution in [-0.2, 0) is 9.59 Å². The van der Waals surface area contributed by atoms with Gasteiger partial charge in [0, 0.05) is 24.3 Å². The van der Waals surface area contributed by atoms with Gasteiger partial charge in [0.2, 0.25) is 0 Å². The number of amides is 1. The van der Waals surface area contributed by atoms with E-state index in [-0.39, 0.29) is 11.5 Å². The SMILES string of the molecule is O=C(O)/C=C\C(=O)N(c1cccc(O)c1)c1cccc(O)c1. The number of aliphatic carboxylic acids is 1. The topological polar surface area (TPSA) is 98.1 Å². The van der Waals surface area contributed by atoms with Gasteiger partial charge >= 0.3 is 5.97 Å². The van der Waals surface area contributed by atoms with Crippen molar-refractivity contribution in [3.05, 3.63) is 60.7 Å². The van der Waals surface area contributed by atoms with Crippen LogP contribution in [0.15, 0.2) is 60.7 Å². The first-order valence-corrected chi connectivity index (χ1v) is 6.30. The monoisotopic (exact) mass is 299 g/mol. The maximum Gasteiger partial charge on any atom is 0.328 e. The Morgan fingerprint density at radius 1 is 0.864 bits per heavy atom. The van der Waals surface area contributed by atoms with Crippen molar-refractivity contribution in [1.82, 2.24) is 0 Å². The summed E-state index contributed by atoms with van der Waals surface area (Å²) in [6, 6.07) is 11.9. The molecule has 3 N–H and O–H groups in total. The normalized spacial score (nSPS) is 10.5. The summed E-state index contributed by atoms with van der Waals surface area (Å²) in [5, 5.41) is 27.8. The van der Waals surface area contributed by atoms with Gasteiger partial charge in [-0.2, -0.15) is 0 Å². The van der Waals surface area contributed by atoms with E-state index in [1.165, 1.54) is 29.2 Å². The lowest BCUT2D eigenvalue weighted by molar-refractivity contribution is -0.131. The molecule has 2 aromatic carbocycles. The van der Waals surface area contributed by atoms with Crippen molar-refractivity contribution in [3.63, 3.8) is 0 Å². The fraction of sp³-hybridized carbons (Fsp3) is 0. The highest BCUT2D eigenvalue weighted by atomic mass is 16.4. The van der Waals surface area contributed by atoms with Gasteiger partial charge in [-0.25, -0.2) is 4.79 Å². The van der Waals surface area contributed by atoms with E-state index < -0.39 is 11.9 Å². The van der Waals surface area contributed by atoms with Gasteiger partial charge in [0.25, 0.3) is 5.91 Å². The number of hydrogen-bond donors (Lipinski definition) is 3. The second-order valence-electron chi connectivity index (χ2n) is 4.38. The average Bonchev–Trinajstić information content (AvgIpc) is 2.45. The van der Waals surface area contributed by atoms with Crippen LogP contribution in [0, 0.1) is 0 Å². The van der Waals surface area contributed by atoms with Crippen molar-refractivity contribution in [3.8, 4) is 11.5 Å². The molecule has 0 fully saturated rings. The van der Waals surface area contributed by atoms with E-state index in [1.807, 2.05) is 0 Å². The van der Waals surface area contributed by atoms with Crippen LogP contribution in [0.25, 0.3) is 0 Å². The molecule has 0 unspecified atom stereocenters. The van der Waals surface area contributed by atoms with Crippen molar-refractivity contribution in [1.29, 1.82) is 0 Å². The zero-order valence-corrected chi connectivity index (χ0v) is 11.4. The molecule has 0 aliphatic rings. The highest BCUT2D eigenvalue weighted by Gasteiger charge is 2.17. The third-order valence-electron chi connectivity index (χ3n) is 2.76. The predicted octanol–water partition coefficient (Wildman–Crippen LogP) is 2.40. The average molecular weight is 299 g/mol. The highest BCUT2D eigenvalue weighted by Crippen LogP contribution is 2.30. The minimum atomic E-state index is -1.25. The number of benzene rings is 2. The van der Waals surface area contributed by atoms with Crippen LogP contribution in [0.4, 0.5) is 11.4 Å². The molecule has 0 spiro atoms. The minimum Gasteiger partial charge on any atom is -0.508 e. The van der Waals surface area contributed by atoms with Crippen LogP contribution in [0.3, 0.4) is 0 Å². The van der Waals surface area contributed by atoms with Crippen LogP contribution >= 0.6 is 0 Å². The Morgan fingerprint density at radius 2 is 1.36 bits per heavy atom. The first-order chi connectivity index (χ1) is 10.5. The van der Waals surface area contributed by atoms with Gasteiger partial charge in [0.15, 0.2) is 0 Å². The Labute approximate surface area is 126 Å². The van der Waals surface area contributed by atoms with E-state index in [2.05, 4.69) is 0 Å². The summed E-state index contributed by atoms with van der Waals surface area (Å²) in [6.07, 6.45) is 1.62. The summed E-state index contributed by atoms with van der Waals surface area (Å²) < 4.78 is 0. The Morgan fingerprint density at radius 3 is 1.77 bits per heavy atom. The quantitative estimate of drug-likeness (QED) is 0.753. The van der Waals surface area contributed by atoms with Crippen LogP contribution in [0.2, 0.25) is 0 Å². The van der Waals surface area contributed by atoms with E-state index in [0.717, 1.165) is 12.2 Å². The van der Waals surface area contributed by atoms with E-state index in [9.17, 15) is 19.8 Å². The maximum atomic E-state index is 12.3. The molecular weight excluding hydrogens is 286 g/mol. The molecule has 0 aliphatic heterocycles. The number of aromatic hydroxyl groups is 2. The van der Waals surface area contributed by atoms with Gasteiger partial charge < -0.3 is 15.3 Å². The number of carbonyl (C=O) groups excluding carboxylic acids is 1. The molecule has 1 amide bonds. The Hall–Kier alpha value is -3.28. The van der Waals surface area contributed by atoms with Crippen LogP contribution in [0.5, 0.6) is 11.5 Å². The Balaban J connectivity index is 2.49. The first kappa shape index (κ1) is 15.1. The Kier molecular flexibility index (Phi) is 4.43. The first-order valence-electron chi connectivity index (χ1n) is 6.30. The number of nitrogens with zero attached hydrogens (tertiary/aromatic N) is 1. The molecule has 0 aliphatic carbocycles. The van der Waals surface area contributed by atoms with Gasteiger partial charge in [0.05, 0.1) is 11.4 Å². The lowest BCUT2D eigenvalue weighted by Crippen LogP contribution is -2.24. The van der Waals surface area contributed by atoms with Crippen molar-refractivity contribution in [2.75, 3.05) is 4.90 Å². The van der Waals surface area contributed by atoms with E-state index in [0.29, 0.717) is 11.4 Å². The van der Waals surface area contributed by atoms with Crippen molar-refractivity contribution < 1.29 is 24.9 Å². The number of anilines is 2. The maximum absolute atomic E-state index is 12.3. The second kappa shape index (κ2) is 6.45. The van der Waals surface area contributed by atoms with Crippen LogP contribution in [-0.4, -0.2) is 27.2 Å². The van der Waals surface area contributed by atoms with Gasteiger partial charge in [-0.15, -0.1) is 0 Å². The van der Waals surface area contributed by atoms with Gasteiger partial charge in [-0.05, 0) is 24.3 Å². The molecule has 0 atom stereocenters. The second-order valence-corrected chi connectivity index (χ2v) is 4.38. The van der Waals surface area contributed by atoms with Gasteiger partial charge in [-0.1, -0.05) is 12.1 Å². The van der Waals surface area contributed by atoms with Crippen LogP contribution < -0.4 is 4.90 Å². The molecule has 0 saturated carbocycles. The molecule has 0 bridgehead atoms. The van der Waals surface area contributed by atoms with Crippen molar-refractivity contribution in [2.45, 2.75) is 0 Å². The lowest BCUT2D eigenvalue weighted by atomic mass is 10.2. The lowest BCUT2D eigenvalue weighted by Gasteiger charge is -2.21. The molecule has 112 valence electrons. The van der Waals surface area contributed by atoms with E-state index >= 15 is 0 Å². The smallest absolute Gasteiger partial charge is 0.328 e. The van der Waals surface area contributed by atoms with Crippen LogP contribution in [0.1, 0.15) is 0 Å². The predicted molar refractivity (Wildman–Crippen MR) is 80.1 cm³/mol. The number of phenolic OH excluding ortho intramolecular Hbond substituents is 2. The van der Waals surface area contributed by atoms with Crippen molar-refractivity contribution >= 4 is 23.3 Å². The number of phenols is 2. The molecule has 6 heteroatoms. The number of carboxylic acid groups (broad SMARTS) is 1. The molecule has 0 saturated heterocycles. The third-order valence-corrected chi connectivity index (χ3v) is 2.76. The summed E-state index contributed by atoms with van der Waals surface area (Å²) in [4.78, 5) is 24.0. The fourth-order valence-corrected chi connectivity index (χ4v) is 1.88. The molecule has 2 rings (SSSR count). The minimum absolute atomic E-state index is 0.0438. The van der Waals surface area contributed by atoms with Gasteiger partial charge in [-0.3, -0.25) is 9.69 Å². The molecule has 22 heavy (non-hydrogen) atoms.